The highest BCUT2D eigenvalue weighted by molar-refractivity contribution is 5.90. The first-order valence-electron chi connectivity index (χ1n) is 6.94. The van der Waals surface area contributed by atoms with E-state index in [-0.39, 0.29) is 0 Å². The molecule has 1 aromatic carbocycles. The van der Waals surface area contributed by atoms with Crippen LogP contribution in [0.2, 0.25) is 0 Å². The molecule has 4 nitrogen and oxygen atoms in total. The van der Waals surface area contributed by atoms with Crippen molar-refractivity contribution < 1.29 is 0 Å². The lowest BCUT2D eigenvalue weighted by atomic mass is 9.95. The first-order chi connectivity index (χ1) is 9.15. The van der Waals surface area contributed by atoms with E-state index in [9.17, 15) is 0 Å². The Kier molecular flexibility index (Phi) is 3.01. The van der Waals surface area contributed by atoms with E-state index in [1.807, 2.05) is 18.2 Å². The topological polar surface area (TPSA) is 55.0 Å². The highest BCUT2D eigenvalue weighted by Gasteiger charge is 2.25. The van der Waals surface area contributed by atoms with Crippen LogP contribution in [0, 0.1) is 5.92 Å². The number of benzene rings is 1. The lowest BCUT2D eigenvalue weighted by Crippen LogP contribution is -2.41. The second-order valence-electron chi connectivity index (χ2n) is 5.61. The van der Waals surface area contributed by atoms with E-state index in [0.717, 1.165) is 23.3 Å². The Labute approximate surface area is 113 Å². The first-order valence-corrected chi connectivity index (χ1v) is 6.94. The van der Waals surface area contributed by atoms with E-state index in [1.165, 1.54) is 12.8 Å². The highest BCUT2D eigenvalue weighted by Crippen LogP contribution is 2.31. The molecule has 3 rings (SSSR count). The number of nitrogens with zero attached hydrogens (tertiary/aromatic N) is 3. The van der Waals surface area contributed by atoms with Gasteiger partial charge in [-0.05, 0) is 37.8 Å². The van der Waals surface area contributed by atoms with Crippen molar-refractivity contribution in [3.05, 3.63) is 24.3 Å². The molecule has 0 saturated carbocycles. The van der Waals surface area contributed by atoms with Crippen LogP contribution in [0.15, 0.2) is 24.3 Å². The summed E-state index contributed by atoms with van der Waals surface area (Å²) in [5.41, 5.74) is 6.79. The van der Waals surface area contributed by atoms with Crippen LogP contribution in [0.3, 0.4) is 0 Å². The molecule has 2 aromatic rings. The molecule has 2 N–H and O–H groups in total. The van der Waals surface area contributed by atoms with Crippen molar-refractivity contribution in [3.8, 4) is 0 Å². The standard InChI is InChI=1S/C15H20N4/c1-10-7-8-11(2)19(9-10)14-12-5-3-4-6-13(12)17-15(16)18-14/h3-6,10-11H,7-9H2,1-2H3,(H2,16,17,18). The molecule has 1 aliphatic heterocycles. The van der Waals surface area contributed by atoms with E-state index < -0.39 is 0 Å². The van der Waals surface area contributed by atoms with Crippen LogP contribution in [0.5, 0.6) is 0 Å². The maximum atomic E-state index is 5.86. The molecule has 0 bridgehead atoms. The summed E-state index contributed by atoms with van der Waals surface area (Å²) in [6.07, 6.45) is 2.50. The Morgan fingerprint density at radius 2 is 1.95 bits per heavy atom. The van der Waals surface area contributed by atoms with E-state index in [4.69, 9.17) is 5.73 Å². The van der Waals surface area contributed by atoms with Crippen molar-refractivity contribution in [3.63, 3.8) is 0 Å². The predicted molar refractivity (Wildman–Crippen MR) is 79.2 cm³/mol. The van der Waals surface area contributed by atoms with Gasteiger partial charge in [0.2, 0.25) is 5.95 Å². The molecule has 2 atom stereocenters. The van der Waals surface area contributed by atoms with Crippen LogP contribution in [0.1, 0.15) is 26.7 Å². The third kappa shape index (κ3) is 2.23. The summed E-state index contributed by atoms with van der Waals surface area (Å²) in [5, 5.41) is 1.10. The molecule has 2 unspecified atom stereocenters. The van der Waals surface area contributed by atoms with Gasteiger partial charge in [0, 0.05) is 18.0 Å². The number of rotatable bonds is 1. The van der Waals surface area contributed by atoms with E-state index in [2.05, 4.69) is 34.8 Å². The third-order valence-corrected chi connectivity index (χ3v) is 3.99. The molecule has 19 heavy (non-hydrogen) atoms. The summed E-state index contributed by atoms with van der Waals surface area (Å²) in [5.74, 6) is 2.05. The Bertz CT molecular complexity index is 596. The van der Waals surface area contributed by atoms with Gasteiger partial charge in [0.15, 0.2) is 0 Å². The van der Waals surface area contributed by atoms with Gasteiger partial charge in [-0.2, -0.15) is 4.98 Å². The fourth-order valence-electron chi connectivity index (χ4n) is 2.88. The van der Waals surface area contributed by atoms with Crippen LogP contribution in [0.25, 0.3) is 10.9 Å². The molecule has 0 aliphatic carbocycles. The SMILES string of the molecule is CC1CCC(C)N(c2nc(N)nc3ccccc23)C1. The molecule has 4 heteroatoms. The van der Waals surface area contributed by atoms with Crippen LogP contribution in [-0.4, -0.2) is 22.6 Å². The van der Waals surface area contributed by atoms with Gasteiger partial charge in [-0.1, -0.05) is 19.1 Å². The Morgan fingerprint density at radius 3 is 2.79 bits per heavy atom. The quantitative estimate of drug-likeness (QED) is 0.852. The van der Waals surface area contributed by atoms with E-state index in [1.54, 1.807) is 0 Å². The molecule has 1 aliphatic rings. The van der Waals surface area contributed by atoms with Gasteiger partial charge in [0.1, 0.15) is 5.82 Å². The first kappa shape index (κ1) is 12.2. The molecule has 0 amide bonds. The fourth-order valence-corrected chi connectivity index (χ4v) is 2.88. The lowest BCUT2D eigenvalue weighted by Gasteiger charge is -2.38. The maximum absolute atomic E-state index is 5.86. The fraction of sp³-hybridized carbons (Fsp3) is 0.467. The molecular formula is C15H20N4. The molecule has 1 fully saturated rings. The second-order valence-corrected chi connectivity index (χ2v) is 5.61. The van der Waals surface area contributed by atoms with Gasteiger partial charge in [-0.25, -0.2) is 4.98 Å². The zero-order valence-electron chi connectivity index (χ0n) is 11.5. The minimum Gasteiger partial charge on any atom is -0.368 e. The van der Waals surface area contributed by atoms with Crippen molar-refractivity contribution in [2.45, 2.75) is 32.7 Å². The number of anilines is 2. The van der Waals surface area contributed by atoms with Crippen molar-refractivity contribution in [1.29, 1.82) is 0 Å². The van der Waals surface area contributed by atoms with Crippen LogP contribution >= 0.6 is 0 Å². The van der Waals surface area contributed by atoms with Crippen molar-refractivity contribution in [1.82, 2.24) is 9.97 Å². The molecule has 0 spiro atoms. The van der Waals surface area contributed by atoms with E-state index in [0.29, 0.717) is 17.9 Å². The zero-order valence-corrected chi connectivity index (χ0v) is 11.5. The Hall–Kier alpha value is -1.84. The van der Waals surface area contributed by atoms with E-state index >= 15 is 0 Å². The monoisotopic (exact) mass is 256 g/mol. The number of nitrogen functional groups attached to an aromatic ring is 1. The smallest absolute Gasteiger partial charge is 0.222 e. The van der Waals surface area contributed by atoms with Gasteiger partial charge < -0.3 is 10.6 Å². The molecular weight excluding hydrogens is 236 g/mol. The summed E-state index contributed by atoms with van der Waals surface area (Å²) in [6, 6.07) is 8.60. The van der Waals surface area contributed by atoms with Gasteiger partial charge >= 0.3 is 0 Å². The number of piperidine rings is 1. The largest absolute Gasteiger partial charge is 0.368 e. The maximum Gasteiger partial charge on any atom is 0.222 e. The van der Waals surface area contributed by atoms with Crippen LogP contribution in [-0.2, 0) is 0 Å². The van der Waals surface area contributed by atoms with Gasteiger partial charge in [0.25, 0.3) is 0 Å². The average molecular weight is 256 g/mol. The van der Waals surface area contributed by atoms with Crippen LogP contribution < -0.4 is 10.6 Å². The number of hydrogen-bond acceptors (Lipinski definition) is 4. The van der Waals surface area contributed by atoms with Crippen molar-refractivity contribution in [2.24, 2.45) is 5.92 Å². The molecule has 1 saturated heterocycles. The van der Waals surface area contributed by atoms with Crippen LogP contribution in [0.4, 0.5) is 11.8 Å². The summed E-state index contributed by atoms with van der Waals surface area (Å²) < 4.78 is 0. The minimum atomic E-state index is 0.360. The van der Waals surface area contributed by atoms with Gasteiger partial charge in [-0.15, -0.1) is 0 Å². The predicted octanol–water partition coefficient (Wildman–Crippen LogP) is 2.84. The number of para-hydroxylation sites is 1. The number of aromatic nitrogens is 2. The minimum absolute atomic E-state index is 0.360. The Morgan fingerprint density at radius 1 is 1.16 bits per heavy atom. The molecule has 100 valence electrons. The normalized spacial score (nSPS) is 23.8. The molecule has 0 radical (unpaired) electrons. The number of fused-ring (bicyclic) bond motifs is 1. The van der Waals surface area contributed by atoms with Crippen molar-refractivity contribution in [2.75, 3.05) is 17.2 Å². The summed E-state index contributed by atoms with van der Waals surface area (Å²) in [6.45, 7) is 5.60. The summed E-state index contributed by atoms with van der Waals surface area (Å²) >= 11 is 0. The van der Waals surface area contributed by atoms with Gasteiger partial charge in [-0.3, -0.25) is 0 Å². The second kappa shape index (κ2) is 4.68. The average Bonchev–Trinajstić information content (AvgIpc) is 2.40. The number of hydrogen-bond donors (Lipinski definition) is 1. The third-order valence-electron chi connectivity index (χ3n) is 3.99. The Balaban J connectivity index is 2.13. The highest BCUT2D eigenvalue weighted by atomic mass is 15.2. The lowest BCUT2D eigenvalue weighted by molar-refractivity contribution is 0.389. The molecule has 1 aromatic heterocycles. The van der Waals surface area contributed by atoms with Crippen molar-refractivity contribution >= 4 is 22.7 Å². The zero-order chi connectivity index (χ0) is 13.4. The molecule has 2 heterocycles. The number of nitrogens with two attached hydrogens (primary N) is 1. The summed E-state index contributed by atoms with van der Waals surface area (Å²) in [7, 11) is 0. The summed E-state index contributed by atoms with van der Waals surface area (Å²) in [4.78, 5) is 11.2. The van der Waals surface area contributed by atoms with Gasteiger partial charge in [0.05, 0.1) is 5.52 Å².